The molecule has 4 nitrogen and oxygen atoms in total. The van der Waals surface area contributed by atoms with E-state index in [1.807, 2.05) is 0 Å². The number of hydrogen-bond acceptors (Lipinski definition) is 4. The van der Waals surface area contributed by atoms with Gasteiger partial charge in [0.1, 0.15) is 11.5 Å². The van der Waals surface area contributed by atoms with E-state index in [-0.39, 0.29) is 6.42 Å². The molecule has 1 aromatic rings. The fraction of sp³-hybridized carbons (Fsp3) is 0.455. The Morgan fingerprint density at radius 3 is 2.59 bits per heavy atom. The molecule has 0 unspecified atom stereocenters. The van der Waals surface area contributed by atoms with Gasteiger partial charge in [-0.15, -0.1) is 3.89 Å². The third kappa shape index (κ3) is 6.11. The molecule has 0 bridgehead atoms. The molecule has 1 aromatic carbocycles. The molecule has 6 heteroatoms. The Kier molecular flexibility index (Phi) is 5.21. The summed E-state index contributed by atoms with van der Waals surface area (Å²) >= 11 is 0. The molecule has 0 aromatic heterocycles. The lowest BCUT2D eigenvalue weighted by Crippen LogP contribution is -2.03. The average Bonchev–Trinajstić information content (AvgIpc) is 2.27. The zero-order chi connectivity index (χ0) is 12.7. The van der Waals surface area contributed by atoms with Gasteiger partial charge in [0.25, 0.3) is 0 Å². The molecular weight excluding hydrogens is 247 g/mol. The van der Waals surface area contributed by atoms with E-state index in [0.717, 1.165) is 0 Å². The highest BCUT2D eigenvalue weighted by molar-refractivity contribution is 7.86. The fourth-order valence-electron chi connectivity index (χ4n) is 1.26. The Labute approximate surface area is 101 Å². The van der Waals surface area contributed by atoms with Crippen LogP contribution >= 0.6 is 0 Å². The van der Waals surface area contributed by atoms with Gasteiger partial charge in [-0.25, -0.2) is 0 Å². The normalized spacial score (nSPS) is 11.2. The van der Waals surface area contributed by atoms with E-state index in [9.17, 15) is 12.3 Å². The Balaban J connectivity index is 2.26. The van der Waals surface area contributed by atoms with Gasteiger partial charge in [0.2, 0.25) is 0 Å². The summed E-state index contributed by atoms with van der Waals surface area (Å²) in [5.74, 6) is 0.885. The van der Waals surface area contributed by atoms with Crippen molar-refractivity contribution in [2.75, 3.05) is 19.5 Å². The van der Waals surface area contributed by atoms with Crippen molar-refractivity contribution in [3.05, 3.63) is 24.3 Å². The van der Waals surface area contributed by atoms with E-state index in [1.54, 1.807) is 31.4 Å². The fourth-order valence-corrected chi connectivity index (χ4v) is 1.81. The second kappa shape index (κ2) is 6.44. The molecule has 0 N–H and O–H groups in total. The van der Waals surface area contributed by atoms with E-state index in [1.165, 1.54) is 0 Å². The van der Waals surface area contributed by atoms with Gasteiger partial charge in [0.05, 0.1) is 19.5 Å². The number of rotatable bonds is 7. The second-order valence-electron chi connectivity index (χ2n) is 3.48. The van der Waals surface area contributed by atoms with Crippen molar-refractivity contribution in [3.8, 4) is 11.5 Å². The monoisotopic (exact) mass is 262 g/mol. The summed E-state index contributed by atoms with van der Waals surface area (Å²) in [6, 6.07) is 7.09. The molecule has 0 aliphatic carbocycles. The summed E-state index contributed by atoms with van der Waals surface area (Å²) in [7, 11) is -2.79. The van der Waals surface area contributed by atoms with Gasteiger partial charge in [-0.05, 0) is 25.0 Å². The molecule has 0 aliphatic heterocycles. The van der Waals surface area contributed by atoms with Gasteiger partial charge in [-0.2, -0.15) is 8.42 Å². The van der Waals surface area contributed by atoms with Crippen molar-refractivity contribution < 1.29 is 21.8 Å². The summed E-state index contributed by atoms with van der Waals surface area (Å²) in [6.45, 7) is 0.350. The molecule has 0 amide bonds. The third-order valence-electron chi connectivity index (χ3n) is 2.09. The van der Waals surface area contributed by atoms with E-state index >= 15 is 0 Å². The SMILES string of the molecule is COc1cccc(OCCCCS(=O)(=O)F)c1. The van der Waals surface area contributed by atoms with Crippen LogP contribution in [-0.4, -0.2) is 27.9 Å². The third-order valence-corrected chi connectivity index (χ3v) is 2.87. The molecule has 0 saturated carbocycles. The van der Waals surface area contributed by atoms with Crippen molar-refractivity contribution in [2.45, 2.75) is 12.8 Å². The second-order valence-corrected chi connectivity index (χ2v) is 4.96. The maximum atomic E-state index is 12.2. The average molecular weight is 262 g/mol. The molecular formula is C11H15FO4S. The molecule has 1 rings (SSSR count). The maximum Gasteiger partial charge on any atom is 0.302 e. The molecule has 17 heavy (non-hydrogen) atoms. The first-order valence-electron chi connectivity index (χ1n) is 5.20. The van der Waals surface area contributed by atoms with Crippen LogP contribution in [0.15, 0.2) is 24.3 Å². The summed E-state index contributed by atoms with van der Waals surface area (Å²) in [5, 5.41) is 0. The van der Waals surface area contributed by atoms with Crippen molar-refractivity contribution in [3.63, 3.8) is 0 Å². The van der Waals surface area contributed by atoms with Gasteiger partial charge >= 0.3 is 10.2 Å². The lowest BCUT2D eigenvalue weighted by atomic mass is 10.3. The Hall–Kier alpha value is -1.30. The minimum atomic E-state index is -4.36. The molecule has 0 saturated heterocycles. The van der Waals surface area contributed by atoms with E-state index in [4.69, 9.17) is 9.47 Å². The van der Waals surface area contributed by atoms with Crippen LogP contribution in [0.1, 0.15) is 12.8 Å². The van der Waals surface area contributed by atoms with Gasteiger partial charge in [-0.3, -0.25) is 0 Å². The summed E-state index contributed by atoms with van der Waals surface area (Å²) < 4.78 is 43.0. The minimum Gasteiger partial charge on any atom is -0.497 e. The molecule has 0 spiro atoms. The van der Waals surface area contributed by atoms with Crippen LogP contribution in [0.5, 0.6) is 11.5 Å². The molecule has 0 aliphatic rings. The smallest absolute Gasteiger partial charge is 0.302 e. The summed E-state index contributed by atoms with van der Waals surface area (Å²) in [6.07, 6.45) is 0.739. The first-order chi connectivity index (χ1) is 8.01. The highest BCUT2D eigenvalue weighted by atomic mass is 32.3. The van der Waals surface area contributed by atoms with Crippen LogP contribution in [0, 0.1) is 0 Å². The number of ether oxygens (including phenoxy) is 2. The van der Waals surface area contributed by atoms with Gasteiger partial charge < -0.3 is 9.47 Å². The van der Waals surface area contributed by atoms with Crippen LogP contribution in [0.4, 0.5) is 3.89 Å². The predicted molar refractivity (Wildman–Crippen MR) is 62.6 cm³/mol. The van der Waals surface area contributed by atoms with Crippen molar-refractivity contribution >= 4 is 10.2 Å². The number of hydrogen-bond donors (Lipinski definition) is 0. The van der Waals surface area contributed by atoms with Gasteiger partial charge in [0.15, 0.2) is 0 Å². The van der Waals surface area contributed by atoms with Crippen LogP contribution in [0.25, 0.3) is 0 Å². The topological polar surface area (TPSA) is 52.6 Å². The minimum absolute atomic E-state index is 0.253. The van der Waals surface area contributed by atoms with Crippen LogP contribution in [-0.2, 0) is 10.2 Å². The maximum absolute atomic E-state index is 12.2. The highest BCUT2D eigenvalue weighted by Crippen LogP contribution is 2.18. The highest BCUT2D eigenvalue weighted by Gasteiger charge is 2.05. The van der Waals surface area contributed by atoms with Crippen molar-refractivity contribution in [1.29, 1.82) is 0 Å². The molecule has 0 radical (unpaired) electrons. The number of unbranched alkanes of at least 4 members (excludes halogenated alkanes) is 1. The number of benzene rings is 1. The first kappa shape index (κ1) is 13.8. The molecule has 96 valence electrons. The van der Waals surface area contributed by atoms with E-state index in [0.29, 0.717) is 24.5 Å². The zero-order valence-electron chi connectivity index (χ0n) is 9.56. The summed E-state index contributed by atoms with van der Waals surface area (Å²) in [4.78, 5) is 0. The van der Waals surface area contributed by atoms with Crippen molar-refractivity contribution in [2.24, 2.45) is 0 Å². The largest absolute Gasteiger partial charge is 0.497 e. The standard InChI is InChI=1S/C11H15FO4S/c1-15-10-5-4-6-11(9-10)16-7-2-3-8-17(12,13)14/h4-6,9H,2-3,7-8H2,1H3. The Morgan fingerprint density at radius 1 is 1.24 bits per heavy atom. The summed E-state index contributed by atoms with van der Waals surface area (Å²) in [5.41, 5.74) is 0. The lowest BCUT2D eigenvalue weighted by molar-refractivity contribution is 0.307. The number of halogens is 1. The van der Waals surface area contributed by atoms with Gasteiger partial charge in [0, 0.05) is 6.07 Å². The zero-order valence-corrected chi connectivity index (χ0v) is 10.4. The Bertz CT molecular complexity index is 445. The molecule has 0 atom stereocenters. The van der Waals surface area contributed by atoms with Crippen molar-refractivity contribution in [1.82, 2.24) is 0 Å². The van der Waals surface area contributed by atoms with E-state index in [2.05, 4.69) is 0 Å². The Morgan fingerprint density at radius 2 is 1.94 bits per heavy atom. The first-order valence-corrected chi connectivity index (χ1v) is 6.76. The van der Waals surface area contributed by atoms with Gasteiger partial charge in [-0.1, -0.05) is 6.07 Å². The van der Waals surface area contributed by atoms with Crippen LogP contribution < -0.4 is 9.47 Å². The van der Waals surface area contributed by atoms with Crippen LogP contribution in [0.2, 0.25) is 0 Å². The quantitative estimate of drug-likeness (QED) is 0.558. The van der Waals surface area contributed by atoms with E-state index < -0.39 is 16.0 Å². The molecule has 0 heterocycles. The predicted octanol–water partition coefficient (Wildman–Crippen LogP) is 2.15. The number of methoxy groups -OCH3 is 1. The lowest BCUT2D eigenvalue weighted by Gasteiger charge is -2.06. The van der Waals surface area contributed by atoms with Crippen LogP contribution in [0.3, 0.4) is 0 Å². The molecule has 0 fully saturated rings.